The maximum Gasteiger partial charge on any atom is 0.407 e. The molecule has 29 heavy (non-hydrogen) atoms. The Morgan fingerprint density at radius 1 is 1.00 bits per heavy atom. The third kappa shape index (κ3) is 9.10. The van der Waals surface area contributed by atoms with Crippen LogP contribution in [0.4, 0.5) is 10.5 Å². The second kappa shape index (κ2) is 10.5. The fourth-order valence-electron chi connectivity index (χ4n) is 2.71. The van der Waals surface area contributed by atoms with Crippen LogP contribution < -0.4 is 10.6 Å². The van der Waals surface area contributed by atoms with Crippen LogP contribution in [0, 0.1) is 0 Å². The molecule has 154 valence electrons. The van der Waals surface area contributed by atoms with Crippen LogP contribution >= 0.6 is 0 Å². The molecule has 0 fully saturated rings. The number of carbonyl (C=O) groups is 2. The molecule has 0 aliphatic rings. The normalized spacial score (nSPS) is 11.7. The number of alkyl carbamates (subject to hydrolysis) is 1. The summed E-state index contributed by atoms with van der Waals surface area (Å²) in [6, 6.07) is 17.6. The molecule has 2 aromatic carbocycles. The second-order valence-electron chi connectivity index (χ2n) is 8.02. The number of nitrogens with one attached hydrogen (secondary N) is 2. The topological polar surface area (TPSA) is 67.4 Å². The number of carbonyl (C=O) groups excluding carboxylic acids is 2. The van der Waals surface area contributed by atoms with Crippen LogP contribution in [0.3, 0.4) is 0 Å². The van der Waals surface area contributed by atoms with Crippen LogP contribution in [0.5, 0.6) is 0 Å². The highest BCUT2D eigenvalue weighted by atomic mass is 16.6. The summed E-state index contributed by atoms with van der Waals surface area (Å²) in [7, 11) is 0. The molecule has 2 rings (SSSR count). The highest BCUT2D eigenvalue weighted by Gasteiger charge is 2.15. The average molecular weight is 395 g/mol. The molecule has 0 heterocycles. The smallest absolute Gasteiger partial charge is 0.407 e. The minimum Gasteiger partial charge on any atom is -0.444 e. The van der Waals surface area contributed by atoms with Crippen molar-refractivity contribution in [1.82, 2.24) is 5.32 Å². The zero-order valence-electron chi connectivity index (χ0n) is 17.6. The van der Waals surface area contributed by atoms with Crippen LogP contribution in [0.1, 0.15) is 45.2 Å². The minimum absolute atomic E-state index is 0.159. The summed E-state index contributed by atoms with van der Waals surface area (Å²) in [5.41, 5.74) is 3.30. The largest absolute Gasteiger partial charge is 0.444 e. The summed E-state index contributed by atoms with van der Waals surface area (Å²) < 4.78 is 5.23. The third-order valence-electron chi connectivity index (χ3n) is 4.06. The molecule has 0 radical (unpaired) electrons. The van der Waals surface area contributed by atoms with E-state index >= 15 is 0 Å². The predicted molar refractivity (Wildman–Crippen MR) is 117 cm³/mol. The molecule has 2 aromatic rings. The quantitative estimate of drug-likeness (QED) is 0.632. The van der Waals surface area contributed by atoms with E-state index in [1.54, 1.807) is 6.08 Å². The lowest BCUT2D eigenvalue weighted by molar-refractivity contribution is -0.112. The summed E-state index contributed by atoms with van der Waals surface area (Å²) in [5.74, 6) is -0.159. The Morgan fingerprint density at radius 3 is 2.38 bits per heavy atom. The van der Waals surface area contributed by atoms with E-state index in [0.717, 1.165) is 24.0 Å². The number of rotatable bonds is 7. The molecular formula is C24H30N2O3. The number of amides is 2. The number of hydrogen-bond acceptors (Lipinski definition) is 3. The van der Waals surface area contributed by atoms with E-state index in [1.165, 1.54) is 5.56 Å². The van der Waals surface area contributed by atoms with Gasteiger partial charge in [0.1, 0.15) is 5.60 Å². The fraction of sp³-hybridized carbons (Fsp3) is 0.333. The zero-order chi connectivity index (χ0) is 21.3. The van der Waals surface area contributed by atoms with Crippen molar-refractivity contribution in [3.63, 3.8) is 0 Å². The molecular weight excluding hydrogens is 364 g/mol. The molecule has 0 saturated carbocycles. The number of hydrogen-bond donors (Lipinski definition) is 2. The van der Waals surface area contributed by atoms with Crippen molar-refractivity contribution in [2.24, 2.45) is 0 Å². The lowest BCUT2D eigenvalue weighted by Gasteiger charge is -2.19. The maximum absolute atomic E-state index is 12.3. The van der Waals surface area contributed by atoms with Crippen LogP contribution in [-0.4, -0.2) is 17.6 Å². The van der Waals surface area contributed by atoms with E-state index in [9.17, 15) is 9.59 Å². The number of benzene rings is 2. The van der Waals surface area contributed by atoms with Crippen molar-refractivity contribution in [3.8, 4) is 0 Å². The van der Waals surface area contributed by atoms with Crippen molar-refractivity contribution < 1.29 is 14.3 Å². The van der Waals surface area contributed by atoms with Gasteiger partial charge in [0.15, 0.2) is 0 Å². The van der Waals surface area contributed by atoms with Gasteiger partial charge in [-0.1, -0.05) is 48.0 Å². The van der Waals surface area contributed by atoms with E-state index < -0.39 is 11.7 Å². The molecule has 5 nitrogen and oxygen atoms in total. The number of anilines is 1. The van der Waals surface area contributed by atoms with Gasteiger partial charge in [-0.2, -0.15) is 0 Å². The fourth-order valence-corrected chi connectivity index (χ4v) is 2.71. The van der Waals surface area contributed by atoms with Gasteiger partial charge in [-0.05, 0) is 63.8 Å². The van der Waals surface area contributed by atoms with Crippen LogP contribution in [0.15, 0.2) is 66.2 Å². The second-order valence-corrected chi connectivity index (χ2v) is 8.02. The first-order valence-corrected chi connectivity index (χ1v) is 9.79. The summed E-state index contributed by atoms with van der Waals surface area (Å²) >= 11 is 0. The zero-order valence-corrected chi connectivity index (χ0v) is 17.6. The Bertz CT molecular complexity index is 852. The lowest BCUT2D eigenvalue weighted by Crippen LogP contribution is -2.32. The van der Waals surface area contributed by atoms with Crippen LogP contribution in [0.25, 0.3) is 0 Å². The summed E-state index contributed by atoms with van der Waals surface area (Å²) in [4.78, 5) is 24.1. The standard InChI is InChI=1S/C24H30N2O3/c1-18(13-14-19-9-6-5-7-10-19)15-22(27)26-21-12-8-11-20(16-21)17-25-23(28)29-24(2,3)4/h5-12,15-16H,13-14,17H2,1-4H3,(H,25,28)(H,26,27)/b18-15+. The van der Waals surface area contributed by atoms with E-state index in [2.05, 4.69) is 22.8 Å². The van der Waals surface area contributed by atoms with Gasteiger partial charge in [0.05, 0.1) is 0 Å². The molecule has 0 unspecified atom stereocenters. The van der Waals surface area contributed by atoms with Gasteiger partial charge in [-0.25, -0.2) is 4.79 Å². The van der Waals surface area contributed by atoms with Crippen molar-refractivity contribution in [1.29, 1.82) is 0 Å². The van der Waals surface area contributed by atoms with Crippen LogP contribution in [-0.2, 0) is 22.5 Å². The first-order valence-electron chi connectivity index (χ1n) is 9.79. The Labute approximate surface area is 173 Å². The Balaban J connectivity index is 1.85. The average Bonchev–Trinajstić information content (AvgIpc) is 2.64. The summed E-state index contributed by atoms with van der Waals surface area (Å²) in [6.07, 6.45) is 2.90. The van der Waals surface area contributed by atoms with E-state index in [1.807, 2.05) is 70.2 Å². The molecule has 0 aromatic heterocycles. The first kappa shape index (κ1) is 22.2. The molecule has 0 atom stereocenters. The predicted octanol–water partition coefficient (Wildman–Crippen LogP) is 5.23. The highest BCUT2D eigenvalue weighted by molar-refractivity contribution is 5.99. The lowest BCUT2D eigenvalue weighted by atomic mass is 10.1. The Hall–Kier alpha value is -3.08. The summed E-state index contributed by atoms with van der Waals surface area (Å²) in [5, 5.41) is 5.59. The van der Waals surface area contributed by atoms with Crippen molar-refractivity contribution in [2.75, 3.05) is 5.32 Å². The molecule has 5 heteroatoms. The number of ether oxygens (including phenoxy) is 1. The van der Waals surface area contributed by atoms with Gasteiger partial charge in [-0.15, -0.1) is 0 Å². The molecule has 0 aliphatic heterocycles. The van der Waals surface area contributed by atoms with Crippen molar-refractivity contribution >= 4 is 17.7 Å². The third-order valence-corrected chi connectivity index (χ3v) is 4.06. The molecule has 0 spiro atoms. The van der Waals surface area contributed by atoms with Gasteiger partial charge in [0.2, 0.25) is 5.91 Å². The van der Waals surface area contributed by atoms with Crippen molar-refractivity contribution in [2.45, 2.75) is 52.7 Å². The molecule has 2 amide bonds. The Morgan fingerprint density at radius 2 is 1.69 bits per heavy atom. The van der Waals surface area contributed by atoms with E-state index in [-0.39, 0.29) is 5.91 Å². The molecule has 2 N–H and O–H groups in total. The Kier molecular flexibility index (Phi) is 8.01. The maximum atomic E-state index is 12.3. The van der Waals surface area contributed by atoms with Gasteiger partial charge in [0, 0.05) is 18.3 Å². The van der Waals surface area contributed by atoms with E-state index in [4.69, 9.17) is 4.74 Å². The molecule has 0 saturated heterocycles. The SMILES string of the molecule is C/C(=C\C(=O)Nc1cccc(CNC(=O)OC(C)(C)C)c1)CCc1ccccc1. The first-order chi connectivity index (χ1) is 13.7. The van der Waals surface area contributed by atoms with E-state index in [0.29, 0.717) is 12.2 Å². The summed E-state index contributed by atoms with van der Waals surface area (Å²) in [6.45, 7) is 7.74. The highest BCUT2D eigenvalue weighted by Crippen LogP contribution is 2.13. The molecule has 0 bridgehead atoms. The van der Waals surface area contributed by atoms with Gasteiger partial charge >= 0.3 is 6.09 Å². The monoisotopic (exact) mass is 394 g/mol. The minimum atomic E-state index is -0.537. The van der Waals surface area contributed by atoms with Crippen LogP contribution in [0.2, 0.25) is 0 Å². The number of aryl methyl sites for hydroxylation is 1. The van der Waals surface area contributed by atoms with Gasteiger partial charge in [0.25, 0.3) is 0 Å². The number of allylic oxidation sites excluding steroid dienone is 1. The molecule has 0 aliphatic carbocycles. The van der Waals surface area contributed by atoms with Crippen molar-refractivity contribution in [3.05, 3.63) is 77.4 Å². The van der Waals surface area contributed by atoms with Gasteiger partial charge < -0.3 is 15.4 Å². The van der Waals surface area contributed by atoms with Gasteiger partial charge in [-0.3, -0.25) is 4.79 Å².